The number of ether oxygens (including phenoxy) is 1. The Morgan fingerprint density at radius 2 is 2.00 bits per heavy atom. The summed E-state index contributed by atoms with van der Waals surface area (Å²) in [5.41, 5.74) is 2.54. The van der Waals surface area contributed by atoms with Crippen LogP contribution < -0.4 is 4.31 Å². The molecule has 0 bridgehead atoms. The summed E-state index contributed by atoms with van der Waals surface area (Å²) in [6.45, 7) is 1.71. The molecule has 0 aliphatic carbocycles. The number of hydrogen-bond acceptors (Lipinski definition) is 7. The number of esters is 1. The SMILES string of the molecule is Cc1c(C(=O)OCC(=O)c2ccc3c(c2)CCCN3S(C)(=O)=O)cnn1-c1ccccn1. The van der Waals surface area contributed by atoms with Crippen molar-refractivity contribution in [3.05, 3.63) is 71.2 Å². The quantitative estimate of drug-likeness (QED) is 0.415. The van der Waals surface area contributed by atoms with Crippen molar-refractivity contribution in [3.63, 3.8) is 0 Å². The third-order valence-corrected chi connectivity index (χ3v) is 6.49. The number of carbonyl (C=O) groups is 2. The highest BCUT2D eigenvalue weighted by molar-refractivity contribution is 7.92. The third kappa shape index (κ3) is 4.26. The summed E-state index contributed by atoms with van der Waals surface area (Å²) in [5.74, 6) is -0.455. The number of benzene rings is 1. The first-order valence-electron chi connectivity index (χ1n) is 10.0. The van der Waals surface area contributed by atoms with Crippen molar-refractivity contribution in [2.24, 2.45) is 0 Å². The van der Waals surface area contributed by atoms with Gasteiger partial charge in [-0.3, -0.25) is 9.10 Å². The van der Waals surface area contributed by atoms with Crippen molar-refractivity contribution >= 4 is 27.5 Å². The normalized spacial score (nSPS) is 13.5. The highest BCUT2D eigenvalue weighted by Crippen LogP contribution is 2.30. The van der Waals surface area contributed by atoms with Crippen LogP contribution >= 0.6 is 0 Å². The molecule has 4 rings (SSSR count). The molecule has 3 heterocycles. The van der Waals surface area contributed by atoms with E-state index in [0.717, 1.165) is 5.56 Å². The number of anilines is 1. The van der Waals surface area contributed by atoms with Crippen LogP contribution in [0.4, 0.5) is 5.69 Å². The number of fused-ring (bicyclic) bond motifs is 1. The van der Waals surface area contributed by atoms with E-state index in [1.54, 1.807) is 43.5 Å². The zero-order valence-electron chi connectivity index (χ0n) is 17.7. The fourth-order valence-corrected chi connectivity index (χ4v) is 4.69. The zero-order chi connectivity index (χ0) is 22.9. The second-order valence-electron chi connectivity index (χ2n) is 7.52. The summed E-state index contributed by atoms with van der Waals surface area (Å²) in [6, 6.07) is 10.2. The number of pyridine rings is 1. The number of aromatic nitrogens is 3. The van der Waals surface area contributed by atoms with E-state index in [2.05, 4.69) is 10.1 Å². The van der Waals surface area contributed by atoms with Crippen LogP contribution in [-0.4, -0.2) is 54.3 Å². The largest absolute Gasteiger partial charge is 0.454 e. The van der Waals surface area contributed by atoms with Crippen LogP contribution in [0.5, 0.6) is 0 Å². The first-order chi connectivity index (χ1) is 15.3. The minimum absolute atomic E-state index is 0.248. The summed E-state index contributed by atoms with van der Waals surface area (Å²) in [6.07, 6.45) is 5.52. The molecule has 0 N–H and O–H groups in total. The van der Waals surface area contributed by atoms with Gasteiger partial charge >= 0.3 is 5.97 Å². The Bertz CT molecular complexity index is 1280. The van der Waals surface area contributed by atoms with Gasteiger partial charge in [-0.15, -0.1) is 0 Å². The molecule has 32 heavy (non-hydrogen) atoms. The fourth-order valence-electron chi connectivity index (χ4n) is 3.69. The number of carbonyl (C=O) groups excluding carboxylic acids is 2. The third-order valence-electron chi connectivity index (χ3n) is 5.31. The molecular weight excluding hydrogens is 432 g/mol. The molecule has 9 nitrogen and oxygen atoms in total. The van der Waals surface area contributed by atoms with E-state index in [0.29, 0.717) is 42.1 Å². The first kappa shape index (κ1) is 21.7. The summed E-state index contributed by atoms with van der Waals surface area (Å²) < 4.78 is 32.1. The van der Waals surface area contributed by atoms with Crippen LogP contribution in [0.25, 0.3) is 5.82 Å². The van der Waals surface area contributed by atoms with E-state index < -0.39 is 22.6 Å². The van der Waals surface area contributed by atoms with Crippen molar-refractivity contribution < 1.29 is 22.7 Å². The van der Waals surface area contributed by atoms with Crippen LogP contribution in [0.15, 0.2) is 48.8 Å². The minimum Gasteiger partial charge on any atom is -0.454 e. The number of Topliss-reactive ketones (excluding diaryl/α,β-unsaturated/α-hetero) is 1. The standard InChI is InChI=1S/C22H22N4O5S/c1-15-18(13-24-26(15)21-7-3-4-10-23-21)22(28)31-14-20(27)17-8-9-19-16(12-17)6-5-11-25(19)32(2,29)30/h3-4,7-10,12-13H,5-6,11,14H2,1-2H3. The second-order valence-corrected chi connectivity index (χ2v) is 9.43. The van der Waals surface area contributed by atoms with Gasteiger partial charge in [-0.1, -0.05) is 6.07 Å². The van der Waals surface area contributed by atoms with Gasteiger partial charge in [-0.2, -0.15) is 5.10 Å². The summed E-state index contributed by atoms with van der Waals surface area (Å²) in [5, 5.41) is 4.18. The van der Waals surface area contributed by atoms with E-state index in [1.807, 2.05) is 6.07 Å². The monoisotopic (exact) mass is 454 g/mol. The molecule has 1 aliphatic heterocycles. The van der Waals surface area contributed by atoms with Crippen molar-refractivity contribution in [1.82, 2.24) is 14.8 Å². The Hall–Kier alpha value is -3.53. The van der Waals surface area contributed by atoms with Crippen LogP contribution in [0.3, 0.4) is 0 Å². The van der Waals surface area contributed by atoms with Gasteiger partial charge in [-0.05, 0) is 55.7 Å². The number of hydrogen-bond donors (Lipinski definition) is 0. The lowest BCUT2D eigenvalue weighted by Gasteiger charge is -2.29. The Morgan fingerprint density at radius 1 is 1.19 bits per heavy atom. The lowest BCUT2D eigenvalue weighted by Crippen LogP contribution is -2.34. The van der Waals surface area contributed by atoms with Crippen molar-refractivity contribution in [3.8, 4) is 5.82 Å². The summed E-state index contributed by atoms with van der Waals surface area (Å²) >= 11 is 0. The molecule has 0 unspecified atom stereocenters. The van der Waals surface area contributed by atoms with Gasteiger partial charge in [0.1, 0.15) is 5.56 Å². The predicted octanol–water partition coefficient (Wildman–Crippen LogP) is 2.33. The number of aryl methyl sites for hydroxylation is 1. The van der Waals surface area contributed by atoms with Crippen LogP contribution in [0.2, 0.25) is 0 Å². The first-order valence-corrected chi connectivity index (χ1v) is 11.9. The maximum atomic E-state index is 12.6. The molecule has 1 aliphatic rings. The van der Waals surface area contributed by atoms with Gasteiger partial charge < -0.3 is 4.74 Å². The molecule has 166 valence electrons. The fraction of sp³-hybridized carbons (Fsp3) is 0.273. The van der Waals surface area contributed by atoms with Gasteiger partial charge in [0.15, 0.2) is 18.2 Å². The molecule has 0 radical (unpaired) electrons. The Kier molecular flexibility index (Phi) is 5.79. The number of sulfonamides is 1. The molecule has 0 spiro atoms. The number of ketones is 1. The van der Waals surface area contributed by atoms with Gasteiger partial charge in [0.05, 0.1) is 23.8 Å². The minimum atomic E-state index is -3.38. The molecule has 0 atom stereocenters. The molecule has 0 fully saturated rings. The van der Waals surface area contributed by atoms with Crippen LogP contribution in [0, 0.1) is 6.92 Å². The second kappa shape index (κ2) is 8.54. The van der Waals surface area contributed by atoms with E-state index in [1.165, 1.54) is 21.4 Å². The van der Waals surface area contributed by atoms with E-state index >= 15 is 0 Å². The number of rotatable bonds is 6. The number of nitrogens with zero attached hydrogens (tertiary/aromatic N) is 4. The van der Waals surface area contributed by atoms with Gasteiger partial charge in [-0.25, -0.2) is 22.9 Å². The average Bonchev–Trinajstić information content (AvgIpc) is 3.17. The van der Waals surface area contributed by atoms with Crippen molar-refractivity contribution in [2.75, 3.05) is 23.7 Å². The maximum Gasteiger partial charge on any atom is 0.342 e. The van der Waals surface area contributed by atoms with E-state index in [9.17, 15) is 18.0 Å². The van der Waals surface area contributed by atoms with Crippen LogP contribution in [0.1, 0.15) is 38.4 Å². The topological polar surface area (TPSA) is 111 Å². The molecule has 0 amide bonds. The predicted molar refractivity (Wildman–Crippen MR) is 118 cm³/mol. The zero-order valence-corrected chi connectivity index (χ0v) is 18.5. The Labute approximate surface area is 185 Å². The molecular formula is C22H22N4O5S. The maximum absolute atomic E-state index is 12.6. The van der Waals surface area contributed by atoms with Crippen molar-refractivity contribution in [1.29, 1.82) is 0 Å². The van der Waals surface area contributed by atoms with Crippen LogP contribution in [-0.2, 0) is 21.2 Å². The Balaban J connectivity index is 1.46. The Morgan fingerprint density at radius 3 is 2.72 bits per heavy atom. The highest BCUT2D eigenvalue weighted by atomic mass is 32.2. The molecule has 0 saturated heterocycles. The van der Waals surface area contributed by atoms with Gasteiger partial charge in [0.25, 0.3) is 0 Å². The van der Waals surface area contributed by atoms with Gasteiger partial charge in [0.2, 0.25) is 10.0 Å². The molecule has 2 aromatic heterocycles. The molecule has 0 saturated carbocycles. The highest BCUT2D eigenvalue weighted by Gasteiger charge is 2.25. The van der Waals surface area contributed by atoms with Gasteiger partial charge in [0, 0.05) is 18.3 Å². The van der Waals surface area contributed by atoms with E-state index in [-0.39, 0.29) is 11.3 Å². The van der Waals surface area contributed by atoms with E-state index in [4.69, 9.17) is 4.74 Å². The smallest absolute Gasteiger partial charge is 0.342 e. The molecule has 10 heteroatoms. The lowest BCUT2D eigenvalue weighted by atomic mass is 9.99. The summed E-state index contributed by atoms with van der Waals surface area (Å²) in [4.78, 5) is 29.3. The molecule has 3 aromatic rings. The van der Waals surface area contributed by atoms with Crippen molar-refractivity contribution in [2.45, 2.75) is 19.8 Å². The average molecular weight is 455 g/mol. The molecule has 1 aromatic carbocycles. The summed E-state index contributed by atoms with van der Waals surface area (Å²) in [7, 11) is -3.38. The lowest BCUT2D eigenvalue weighted by molar-refractivity contribution is 0.0474.